The minimum atomic E-state index is -3.21. The minimum Gasteiger partial charge on any atom is -0.308 e. The van der Waals surface area contributed by atoms with Crippen molar-refractivity contribution < 1.29 is 4.57 Å². The molecule has 8 aromatic carbocycles. The summed E-state index contributed by atoms with van der Waals surface area (Å²) in [7, 11) is -3.21. The van der Waals surface area contributed by atoms with Crippen molar-refractivity contribution in [2.24, 2.45) is 0 Å². The summed E-state index contributed by atoms with van der Waals surface area (Å²) < 4.78 is 18.0. The highest BCUT2D eigenvalue weighted by Gasteiger charge is 2.40. The molecule has 2 heterocycles. The first-order valence-electron chi connectivity index (χ1n) is 17.6. The Morgan fingerprint density at radius 2 is 1.02 bits per heavy atom. The Bertz CT molecular complexity index is 2800. The Kier molecular flexibility index (Phi) is 6.74. The number of aryl methyl sites for hydroxylation is 1. The maximum Gasteiger partial charge on any atom is 0.175 e. The van der Waals surface area contributed by atoms with Crippen LogP contribution in [0.1, 0.15) is 12.7 Å². The maximum absolute atomic E-state index is 15.7. The highest BCUT2D eigenvalue weighted by atomic mass is 31.2. The molecule has 0 N–H and O–H groups in total. The van der Waals surface area contributed by atoms with Gasteiger partial charge in [0.15, 0.2) is 7.14 Å². The highest BCUT2D eigenvalue weighted by molar-refractivity contribution is 7.86. The molecule has 0 aliphatic carbocycles. The molecule has 242 valence electrons. The molecule has 0 fully saturated rings. The first-order valence-corrected chi connectivity index (χ1v) is 19.3. The van der Waals surface area contributed by atoms with Crippen molar-refractivity contribution in [2.75, 3.05) is 0 Å². The second-order valence-electron chi connectivity index (χ2n) is 13.3. The van der Waals surface area contributed by atoms with Crippen LogP contribution in [0.15, 0.2) is 170 Å². The fourth-order valence-electron chi connectivity index (χ4n) is 8.36. The molecule has 1 aliphatic rings. The molecule has 10 rings (SSSR count). The van der Waals surface area contributed by atoms with E-state index >= 15 is 4.57 Å². The van der Waals surface area contributed by atoms with E-state index in [1.807, 2.05) is 48.5 Å². The van der Waals surface area contributed by atoms with Crippen LogP contribution in [0.2, 0.25) is 0 Å². The number of rotatable bonds is 5. The molecule has 0 spiro atoms. The van der Waals surface area contributed by atoms with Crippen molar-refractivity contribution in [2.45, 2.75) is 13.3 Å². The molecule has 0 radical (unpaired) electrons. The van der Waals surface area contributed by atoms with Crippen molar-refractivity contribution in [3.05, 3.63) is 176 Å². The summed E-state index contributed by atoms with van der Waals surface area (Å²) in [5.74, 6) is 0.971. The third-order valence-electron chi connectivity index (χ3n) is 10.6. The van der Waals surface area contributed by atoms with Gasteiger partial charge >= 0.3 is 0 Å². The first kappa shape index (κ1) is 29.9. The highest BCUT2D eigenvalue weighted by Crippen LogP contribution is 2.51. The summed E-state index contributed by atoms with van der Waals surface area (Å²) in [5, 5.41) is 7.50. The van der Waals surface area contributed by atoms with Gasteiger partial charge in [-0.2, -0.15) is 0 Å². The number of imidazole rings is 1. The predicted molar refractivity (Wildman–Crippen MR) is 215 cm³/mol. The molecule has 0 saturated carbocycles. The SMILES string of the molecule is CCc1nc2cccc3c2n1-c1c(-c2ccc(-c4c5ccccc5c(-c5ccccc5)c5ccccc45)cc2)cccc1P3(=O)c1ccccc1. The number of benzene rings is 8. The van der Waals surface area contributed by atoms with Gasteiger partial charge < -0.3 is 4.57 Å². The Morgan fingerprint density at radius 3 is 1.63 bits per heavy atom. The molecule has 0 saturated heterocycles. The van der Waals surface area contributed by atoms with E-state index in [4.69, 9.17) is 4.98 Å². The summed E-state index contributed by atoms with van der Waals surface area (Å²) in [6.07, 6.45) is 0.760. The maximum atomic E-state index is 15.7. The van der Waals surface area contributed by atoms with E-state index in [-0.39, 0.29) is 0 Å². The van der Waals surface area contributed by atoms with Gasteiger partial charge in [-0.1, -0.05) is 159 Å². The molecule has 0 bridgehead atoms. The zero-order valence-electron chi connectivity index (χ0n) is 28.1. The fraction of sp³-hybridized carbons (Fsp3) is 0.0426. The van der Waals surface area contributed by atoms with Gasteiger partial charge in [0.2, 0.25) is 0 Å². The zero-order chi connectivity index (χ0) is 34.1. The minimum absolute atomic E-state index is 0.760. The van der Waals surface area contributed by atoms with Gasteiger partial charge in [0.1, 0.15) is 5.82 Å². The van der Waals surface area contributed by atoms with E-state index in [1.165, 1.54) is 38.2 Å². The van der Waals surface area contributed by atoms with E-state index < -0.39 is 7.14 Å². The molecular formula is C47H33N2OP. The second-order valence-corrected chi connectivity index (χ2v) is 16.0. The molecule has 0 amide bonds. The van der Waals surface area contributed by atoms with E-state index in [0.717, 1.165) is 61.6 Å². The Labute approximate surface area is 296 Å². The fourth-order valence-corrected chi connectivity index (χ4v) is 11.4. The average Bonchev–Trinajstić information content (AvgIpc) is 3.59. The molecule has 1 aromatic heterocycles. The summed E-state index contributed by atoms with van der Waals surface area (Å²) in [6, 6.07) is 59.6. The lowest BCUT2D eigenvalue weighted by Gasteiger charge is -2.30. The zero-order valence-corrected chi connectivity index (χ0v) is 29.0. The van der Waals surface area contributed by atoms with Gasteiger partial charge in [0.25, 0.3) is 0 Å². The van der Waals surface area contributed by atoms with Crippen LogP contribution in [0.25, 0.3) is 71.6 Å². The quantitative estimate of drug-likeness (QED) is 0.135. The molecular weight excluding hydrogens is 640 g/mol. The number of aromatic nitrogens is 2. The van der Waals surface area contributed by atoms with Gasteiger partial charge in [-0.05, 0) is 67.6 Å². The molecule has 4 heteroatoms. The van der Waals surface area contributed by atoms with Crippen LogP contribution < -0.4 is 15.9 Å². The van der Waals surface area contributed by atoms with Crippen LogP contribution in [0, 0.1) is 0 Å². The number of fused-ring (bicyclic) bond motifs is 4. The summed E-state index contributed by atoms with van der Waals surface area (Å²) in [5.41, 5.74) is 9.81. The van der Waals surface area contributed by atoms with Crippen LogP contribution >= 0.6 is 7.14 Å². The Hall–Kier alpha value is -6.02. The van der Waals surface area contributed by atoms with Crippen molar-refractivity contribution in [3.8, 4) is 39.1 Å². The topological polar surface area (TPSA) is 34.9 Å². The molecule has 1 unspecified atom stereocenters. The lowest BCUT2D eigenvalue weighted by molar-refractivity contribution is 0.592. The Balaban J connectivity index is 1.21. The van der Waals surface area contributed by atoms with Crippen molar-refractivity contribution in [1.29, 1.82) is 0 Å². The monoisotopic (exact) mass is 672 g/mol. The smallest absolute Gasteiger partial charge is 0.175 e. The van der Waals surface area contributed by atoms with E-state index in [9.17, 15) is 0 Å². The largest absolute Gasteiger partial charge is 0.308 e. The molecule has 3 nitrogen and oxygen atoms in total. The summed E-state index contributed by atoms with van der Waals surface area (Å²) in [6.45, 7) is 2.14. The first-order chi connectivity index (χ1) is 25.2. The number of para-hydroxylation sites is 2. The van der Waals surface area contributed by atoms with Crippen molar-refractivity contribution >= 4 is 55.6 Å². The molecule has 1 atom stereocenters. The van der Waals surface area contributed by atoms with Gasteiger partial charge in [0.05, 0.1) is 16.7 Å². The lowest BCUT2D eigenvalue weighted by Crippen LogP contribution is -2.33. The lowest BCUT2D eigenvalue weighted by atomic mass is 9.85. The number of hydrogen-bond donors (Lipinski definition) is 0. The van der Waals surface area contributed by atoms with Gasteiger partial charge in [-0.15, -0.1) is 0 Å². The molecule has 51 heavy (non-hydrogen) atoms. The number of nitrogens with zero attached hydrogens (tertiary/aromatic N) is 2. The summed E-state index contributed by atoms with van der Waals surface area (Å²) in [4.78, 5) is 5.08. The third kappa shape index (κ3) is 4.32. The van der Waals surface area contributed by atoms with E-state index in [1.54, 1.807) is 0 Å². The van der Waals surface area contributed by atoms with Crippen molar-refractivity contribution in [3.63, 3.8) is 0 Å². The van der Waals surface area contributed by atoms with E-state index in [2.05, 4.69) is 133 Å². The van der Waals surface area contributed by atoms with E-state index in [0.29, 0.717) is 0 Å². The summed E-state index contributed by atoms with van der Waals surface area (Å²) >= 11 is 0. The predicted octanol–water partition coefficient (Wildman–Crippen LogP) is 10.8. The Morgan fingerprint density at radius 1 is 0.510 bits per heavy atom. The van der Waals surface area contributed by atoms with Gasteiger partial charge in [0, 0.05) is 27.9 Å². The number of hydrogen-bond acceptors (Lipinski definition) is 2. The van der Waals surface area contributed by atoms with Gasteiger partial charge in [-0.25, -0.2) is 4.98 Å². The molecule has 9 aromatic rings. The van der Waals surface area contributed by atoms with Gasteiger partial charge in [-0.3, -0.25) is 4.57 Å². The third-order valence-corrected chi connectivity index (χ3v) is 13.7. The second kappa shape index (κ2) is 11.5. The van der Waals surface area contributed by atoms with Crippen LogP contribution in [0.4, 0.5) is 0 Å². The standard InChI is InChI=1S/C47H33N2OP/c1-2-43-48-40-24-14-26-42-47(40)49(43)46-35(23-13-25-41(46)51(42,50)34-17-7-4-8-18-34)31-27-29-33(30-28-31)45-38-21-11-9-19-36(38)44(32-15-5-3-6-16-32)37-20-10-12-22-39(37)45/h3-30H,2H2,1H3. The van der Waals surface area contributed by atoms with Crippen LogP contribution in [-0.2, 0) is 11.0 Å². The molecule has 1 aliphatic heterocycles. The normalized spacial score (nSPS) is 15.0. The van der Waals surface area contributed by atoms with Crippen LogP contribution in [-0.4, -0.2) is 9.55 Å². The average molecular weight is 673 g/mol. The van der Waals surface area contributed by atoms with Crippen LogP contribution in [0.5, 0.6) is 0 Å². The van der Waals surface area contributed by atoms with Crippen LogP contribution in [0.3, 0.4) is 0 Å². The van der Waals surface area contributed by atoms with Crippen molar-refractivity contribution in [1.82, 2.24) is 9.55 Å².